The molecule has 2 aliphatic rings. The van der Waals surface area contributed by atoms with Gasteiger partial charge < -0.3 is 9.47 Å². The Hall–Kier alpha value is -1.81. The standard InChI is InChI=1S/C20H24ClN3O/c21-11-20(25)24(18-7-8-23-14-22-12-19(23)10-18)13-15-5-6-16-3-1-2-4-17(16)9-15/h5-6,9,12,14,18H,1-4,7-8,10-11,13H2. The molecule has 0 spiro atoms. The van der Waals surface area contributed by atoms with Gasteiger partial charge in [-0.2, -0.15) is 0 Å². The van der Waals surface area contributed by atoms with Crippen LogP contribution in [0.25, 0.3) is 0 Å². The zero-order chi connectivity index (χ0) is 17.2. The van der Waals surface area contributed by atoms with Gasteiger partial charge in [-0.15, -0.1) is 11.6 Å². The summed E-state index contributed by atoms with van der Waals surface area (Å²) >= 11 is 5.92. The van der Waals surface area contributed by atoms with Crippen LogP contribution in [0.3, 0.4) is 0 Å². The summed E-state index contributed by atoms with van der Waals surface area (Å²) in [7, 11) is 0. The first kappa shape index (κ1) is 16.6. The van der Waals surface area contributed by atoms with E-state index in [-0.39, 0.29) is 17.8 Å². The van der Waals surface area contributed by atoms with E-state index in [1.807, 2.05) is 17.4 Å². The fourth-order valence-electron chi connectivity index (χ4n) is 4.20. The highest BCUT2D eigenvalue weighted by atomic mass is 35.5. The first-order valence-corrected chi connectivity index (χ1v) is 9.73. The number of carbonyl (C=O) groups is 1. The summed E-state index contributed by atoms with van der Waals surface area (Å²) in [6.45, 7) is 1.56. The van der Waals surface area contributed by atoms with Gasteiger partial charge in [0, 0.05) is 37.4 Å². The van der Waals surface area contributed by atoms with Crippen molar-refractivity contribution in [1.82, 2.24) is 14.5 Å². The summed E-state index contributed by atoms with van der Waals surface area (Å²) in [6, 6.07) is 6.94. The molecular formula is C20H24ClN3O. The summed E-state index contributed by atoms with van der Waals surface area (Å²) in [5, 5.41) is 0. The van der Waals surface area contributed by atoms with Gasteiger partial charge in [0.25, 0.3) is 0 Å². The summed E-state index contributed by atoms with van der Waals surface area (Å²) in [5.41, 5.74) is 5.36. The zero-order valence-electron chi connectivity index (χ0n) is 14.5. The maximum Gasteiger partial charge on any atom is 0.238 e. The topological polar surface area (TPSA) is 38.1 Å². The molecule has 0 bridgehead atoms. The Morgan fingerprint density at radius 2 is 2.12 bits per heavy atom. The van der Waals surface area contributed by atoms with Crippen LogP contribution in [0.2, 0.25) is 0 Å². The molecule has 4 rings (SSSR count). The summed E-state index contributed by atoms with van der Waals surface area (Å²) in [5.74, 6) is 0.0677. The van der Waals surface area contributed by atoms with Crippen molar-refractivity contribution in [2.75, 3.05) is 5.88 Å². The first-order valence-electron chi connectivity index (χ1n) is 9.19. The Labute approximate surface area is 153 Å². The summed E-state index contributed by atoms with van der Waals surface area (Å²) in [4.78, 5) is 18.7. The molecule has 1 atom stereocenters. The molecule has 1 amide bonds. The number of hydrogen-bond donors (Lipinski definition) is 0. The maximum atomic E-state index is 12.5. The molecule has 0 saturated heterocycles. The predicted octanol–water partition coefficient (Wildman–Crippen LogP) is 3.34. The molecule has 1 unspecified atom stereocenters. The minimum absolute atomic E-state index is 0.0253. The molecule has 1 aromatic carbocycles. The molecule has 132 valence electrons. The molecule has 25 heavy (non-hydrogen) atoms. The normalized spacial score (nSPS) is 19.2. The van der Waals surface area contributed by atoms with Crippen LogP contribution in [0.1, 0.15) is 41.6 Å². The summed E-state index contributed by atoms with van der Waals surface area (Å²) in [6.07, 6.45) is 10.5. The van der Waals surface area contributed by atoms with Crippen LogP contribution in [0.5, 0.6) is 0 Å². The molecule has 1 aliphatic carbocycles. The lowest BCUT2D eigenvalue weighted by Gasteiger charge is -2.35. The van der Waals surface area contributed by atoms with Crippen molar-refractivity contribution in [3.63, 3.8) is 0 Å². The number of hydrogen-bond acceptors (Lipinski definition) is 2. The molecule has 0 N–H and O–H groups in total. The quantitative estimate of drug-likeness (QED) is 0.787. The van der Waals surface area contributed by atoms with Gasteiger partial charge >= 0.3 is 0 Å². The predicted molar refractivity (Wildman–Crippen MR) is 98.7 cm³/mol. The second kappa shape index (κ2) is 7.20. The van der Waals surface area contributed by atoms with Gasteiger partial charge in [-0.25, -0.2) is 4.98 Å². The second-order valence-electron chi connectivity index (χ2n) is 7.19. The molecule has 0 saturated carbocycles. The molecule has 5 heteroatoms. The number of benzene rings is 1. The fraction of sp³-hybridized carbons (Fsp3) is 0.500. The number of carbonyl (C=O) groups excluding carboxylic acids is 1. The van der Waals surface area contributed by atoms with E-state index >= 15 is 0 Å². The lowest BCUT2D eigenvalue weighted by molar-refractivity contribution is -0.131. The van der Waals surface area contributed by atoms with E-state index in [9.17, 15) is 4.79 Å². The molecule has 0 fully saturated rings. The first-order chi connectivity index (χ1) is 12.2. The number of alkyl halides is 1. The van der Waals surface area contributed by atoms with Crippen LogP contribution in [0, 0.1) is 0 Å². The van der Waals surface area contributed by atoms with E-state index in [0.717, 1.165) is 25.8 Å². The Kier molecular flexibility index (Phi) is 4.80. The van der Waals surface area contributed by atoms with E-state index in [0.29, 0.717) is 6.54 Å². The Balaban J connectivity index is 1.55. The van der Waals surface area contributed by atoms with Crippen molar-refractivity contribution in [2.24, 2.45) is 0 Å². The smallest absolute Gasteiger partial charge is 0.238 e. The van der Waals surface area contributed by atoms with Crippen LogP contribution in [-0.4, -0.2) is 32.3 Å². The maximum absolute atomic E-state index is 12.5. The van der Waals surface area contributed by atoms with E-state index in [2.05, 4.69) is 27.8 Å². The molecule has 2 aromatic rings. The largest absolute Gasteiger partial charge is 0.334 e. The van der Waals surface area contributed by atoms with Crippen LogP contribution in [0.15, 0.2) is 30.7 Å². The number of aromatic nitrogens is 2. The van der Waals surface area contributed by atoms with Gasteiger partial charge in [-0.1, -0.05) is 18.2 Å². The number of aryl methyl sites for hydroxylation is 3. The molecular weight excluding hydrogens is 334 g/mol. The molecule has 2 heterocycles. The van der Waals surface area contributed by atoms with Gasteiger partial charge in [0.05, 0.1) is 6.33 Å². The Morgan fingerprint density at radius 3 is 2.96 bits per heavy atom. The van der Waals surface area contributed by atoms with E-state index in [1.54, 1.807) is 0 Å². The molecule has 1 aromatic heterocycles. The lowest BCUT2D eigenvalue weighted by atomic mass is 9.90. The van der Waals surface area contributed by atoms with Crippen molar-refractivity contribution in [3.05, 3.63) is 53.1 Å². The Morgan fingerprint density at radius 1 is 1.28 bits per heavy atom. The number of imidazole rings is 1. The van der Waals surface area contributed by atoms with Gasteiger partial charge in [-0.3, -0.25) is 4.79 Å². The highest BCUT2D eigenvalue weighted by Gasteiger charge is 2.27. The monoisotopic (exact) mass is 357 g/mol. The third-order valence-corrected chi connectivity index (χ3v) is 5.82. The van der Waals surface area contributed by atoms with Crippen LogP contribution < -0.4 is 0 Å². The zero-order valence-corrected chi connectivity index (χ0v) is 15.2. The van der Waals surface area contributed by atoms with Crippen LogP contribution in [-0.2, 0) is 37.1 Å². The molecule has 4 nitrogen and oxygen atoms in total. The Bertz CT molecular complexity index is 770. The third kappa shape index (κ3) is 3.45. The highest BCUT2D eigenvalue weighted by Crippen LogP contribution is 2.25. The fourth-order valence-corrected chi connectivity index (χ4v) is 4.35. The number of amides is 1. The number of rotatable bonds is 4. The van der Waals surface area contributed by atoms with E-state index in [1.165, 1.54) is 41.6 Å². The van der Waals surface area contributed by atoms with Crippen LogP contribution >= 0.6 is 11.6 Å². The third-order valence-electron chi connectivity index (χ3n) is 5.59. The van der Waals surface area contributed by atoms with Crippen molar-refractivity contribution in [2.45, 2.75) is 57.7 Å². The molecule has 0 radical (unpaired) electrons. The van der Waals surface area contributed by atoms with Crippen molar-refractivity contribution in [1.29, 1.82) is 0 Å². The molecule has 1 aliphatic heterocycles. The highest BCUT2D eigenvalue weighted by molar-refractivity contribution is 6.27. The van der Waals surface area contributed by atoms with Gasteiger partial charge in [0.1, 0.15) is 5.88 Å². The van der Waals surface area contributed by atoms with Crippen molar-refractivity contribution in [3.8, 4) is 0 Å². The minimum Gasteiger partial charge on any atom is -0.334 e. The SMILES string of the molecule is O=C(CCl)N(Cc1ccc2c(c1)CCCC2)C1CCn2cncc2C1. The average molecular weight is 358 g/mol. The van der Waals surface area contributed by atoms with Gasteiger partial charge in [0.2, 0.25) is 5.91 Å². The van der Waals surface area contributed by atoms with Crippen molar-refractivity contribution < 1.29 is 4.79 Å². The van der Waals surface area contributed by atoms with Gasteiger partial charge in [-0.05, 0) is 48.8 Å². The lowest BCUT2D eigenvalue weighted by Crippen LogP contribution is -2.44. The minimum atomic E-state index is 0.0253. The second-order valence-corrected chi connectivity index (χ2v) is 7.46. The van der Waals surface area contributed by atoms with E-state index < -0.39 is 0 Å². The van der Waals surface area contributed by atoms with E-state index in [4.69, 9.17) is 11.6 Å². The summed E-state index contributed by atoms with van der Waals surface area (Å²) < 4.78 is 2.18. The average Bonchev–Trinajstić information content (AvgIpc) is 3.13. The number of nitrogens with zero attached hydrogens (tertiary/aromatic N) is 3. The van der Waals surface area contributed by atoms with Crippen LogP contribution in [0.4, 0.5) is 0 Å². The number of fused-ring (bicyclic) bond motifs is 2. The van der Waals surface area contributed by atoms with Crippen molar-refractivity contribution >= 4 is 17.5 Å². The van der Waals surface area contributed by atoms with Gasteiger partial charge in [0.15, 0.2) is 0 Å². The number of halogens is 1.